The Labute approximate surface area is 108 Å². The minimum Gasteiger partial charge on any atom is -0.382 e. The van der Waals surface area contributed by atoms with Crippen molar-refractivity contribution in [2.24, 2.45) is 0 Å². The van der Waals surface area contributed by atoms with E-state index in [2.05, 4.69) is 21.2 Å². The first-order valence-corrected chi connectivity index (χ1v) is 6.25. The second kappa shape index (κ2) is 7.40. The summed E-state index contributed by atoms with van der Waals surface area (Å²) in [7, 11) is 0. The molecule has 0 saturated carbocycles. The number of benzene rings is 1. The van der Waals surface area contributed by atoms with Crippen molar-refractivity contribution in [3.63, 3.8) is 0 Å². The Morgan fingerprint density at radius 1 is 1.53 bits per heavy atom. The van der Waals surface area contributed by atoms with E-state index in [1.807, 2.05) is 6.92 Å². The van der Waals surface area contributed by atoms with E-state index in [1.165, 1.54) is 12.1 Å². The normalized spacial score (nSPS) is 10.3. The molecule has 0 aliphatic heterocycles. The fourth-order valence-electron chi connectivity index (χ4n) is 1.28. The third kappa shape index (κ3) is 5.28. The second-order valence-corrected chi connectivity index (χ2v) is 4.39. The van der Waals surface area contributed by atoms with Gasteiger partial charge in [-0.05, 0) is 31.5 Å². The van der Waals surface area contributed by atoms with Gasteiger partial charge in [-0.25, -0.2) is 4.39 Å². The summed E-state index contributed by atoms with van der Waals surface area (Å²) in [4.78, 5) is 11.5. The highest BCUT2D eigenvalue weighted by Crippen LogP contribution is 2.19. The van der Waals surface area contributed by atoms with Crippen LogP contribution in [0.3, 0.4) is 0 Å². The Bertz CT molecular complexity index is 385. The molecule has 0 spiro atoms. The van der Waals surface area contributed by atoms with E-state index in [4.69, 9.17) is 4.74 Å². The van der Waals surface area contributed by atoms with Crippen LogP contribution in [-0.4, -0.2) is 19.1 Å². The molecule has 0 unspecified atom stereocenters. The molecule has 5 heteroatoms. The summed E-state index contributed by atoms with van der Waals surface area (Å²) in [5.74, 6) is -0.650. The fraction of sp³-hybridized carbons (Fsp3) is 0.417. The summed E-state index contributed by atoms with van der Waals surface area (Å²) in [5.41, 5.74) is 0.203. The minimum absolute atomic E-state index is 0.203. The van der Waals surface area contributed by atoms with Crippen LogP contribution in [0.4, 0.5) is 10.1 Å². The van der Waals surface area contributed by atoms with Gasteiger partial charge in [-0.15, -0.1) is 0 Å². The Kier molecular flexibility index (Phi) is 6.15. The smallest absolute Gasteiger partial charge is 0.224 e. The molecule has 0 aliphatic rings. The zero-order chi connectivity index (χ0) is 12.7. The standard InChI is InChI=1S/C12H15BrFNO2/c1-2-17-7-3-4-12(16)15-11-6-5-9(13)8-10(11)14/h5-6,8H,2-4,7H2,1H3,(H,15,16). The number of carbonyl (C=O) groups is 1. The van der Waals surface area contributed by atoms with Crippen molar-refractivity contribution in [1.29, 1.82) is 0 Å². The summed E-state index contributed by atoms with van der Waals surface area (Å²) < 4.78 is 19.1. The van der Waals surface area contributed by atoms with Crippen LogP contribution >= 0.6 is 15.9 Å². The summed E-state index contributed by atoms with van der Waals surface area (Å²) in [6.07, 6.45) is 0.966. The van der Waals surface area contributed by atoms with Crippen LogP contribution in [0.5, 0.6) is 0 Å². The molecular weight excluding hydrogens is 289 g/mol. The predicted molar refractivity (Wildman–Crippen MR) is 68.5 cm³/mol. The van der Waals surface area contributed by atoms with Crippen LogP contribution in [0.15, 0.2) is 22.7 Å². The van der Waals surface area contributed by atoms with Crippen LogP contribution in [0.2, 0.25) is 0 Å². The van der Waals surface area contributed by atoms with Gasteiger partial charge in [-0.3, -0.25) is 4.79 Å². The number of anilines is 1. The molecule has 0 aromatic heterocycles. The lowest BCUT2D eigenvalue weighted by Gasteiger charge is -2.06. The van der Waals surface area contributed by atoms with Crippen molar-refractivity contribution >= 4 is 27.5 Å². The molecule has 0 saturated heterocycles. The molecule has 17 heavy (non-hydrogen) atoms. The molecule has 0 fully saturated rings. The van der Waals surface area contributed by atoms with Crippen LogP contribution in [0.1, 0.15) is 19.8 Å². The Hall–Kier alpha value is -0.940. The lowest BCUT2D eigenvalue weighted by molar-refractivity contribution is -0.116. The van der Waals surface area contributed by atoms with Crippen molar-refractivity contribution in [3.8, 4) is 0 Å². The van der Waals surface area contributed by atoms with Gasteiger partial charge in [0.15, 0.2) is 0 Å². The van der Waals surface area contributed by atoms with Crippen molar-refractivity contribution in [1.82, 2.24) is 0 Å². The molecular formula is C12H15BrFNO2. The van der Waals surface area contributed by atoms with Crippen LogP contribution in [0, 0.1) is 5.82 Å². The van der Waals surface area contributed by atoms with E-state index >= 15 is 0 Å². The molecule has 3 nitrogen and oxygen atoms in total. The summed E-state index contributed by atoms with van der Waals surface area (Å²) in [6.45, 7) is 3.09. The molecule has 0 aliphatic carbocycles. The maximum atomic E-state index is 13.4. The SMILES string of the molecule is CCOCCCC(=O)Nc1ccc(Br)cc1F. The van der Waals surface area contributed by atoms with E-state index in [0.717, 1.165) is 0 Å². The highest BCUT2D eigenvalue weighted by Gasteiger charge is 2.06. The summed E-state index contributed by atoms with van der Waals surface area (Å²) >= 11 is 3.15. The number of ether oxygens (including phenoxy) is 1. The van der Waals surface area contributed by atoms with Gasteiger partial charge in [0.2, 0.25) is 5.91 Å². The number of rotatable bonds is 6. The zero-order valence-electron chi connectivity index (χ0n) is 9.63. The van der Waals surface area contributed by atoms with Crippen molar-refractivity contribution in [3.05, 3.63) is 28.5 Å². The van der Waals surface area contributed by atoms with Gasteiger partial charge >= 0.3 is 0 Å². The first-order chi connectivity index (χ1) is 8.13. The number of hydrogen-bond acceptors (Lipinski definition) is 2. The minimum atomic E-state index is -0.447. The van der Waals surface area contributed by atoms with Crippen molar-refractivity contribution < 1.29 is 13.9 Å². The molecule has 0 radical (unpaired) electrons. The molecule has 1 rings (SSSR count). The number of nitrogens with one attached hydrogen (secondary N) is 1. The molecule has 1 N–H and O–H groups in total. The average molecular weight is 304 g/mol. The summed E-state index contributed by atoms with van der Waals surface area (Å²) in [5, 5.41) is 2.52. The average Bonchev–Trinajstić information content (AvgIpc) is 2.28. The monoisotopic (exact) mass is 303 g/mol. The van der Waals surface area contributed by atoms with E-state index < -0.39 is 5.82 Å². The number of hydrogen-bond donors (Lipinski definition) is 1. The lowest BCUT2D eigenvalue weighted by Crippen LogP contribution is -2.13. The van der Waals surface area contributed by atoms with E-state index in [9.17, 15) is 9.18 Å². The highest BCUT2D eigenvalue weighted by molar-refractivity contribution is 9.10. The molecule has 0 heterocycles. The molecule has 0 bridgehead atoms. The van der Waals surface area contributed by atoms with Gasteiger partial charge in [0.1, 0.15) is 5.82 Å². The Morgan fingerprint density at radius 2 is 2.29 bits per heavy atom. The maximum Gasteiger partial charge on any atom is 0.224 e. The van der Waals surface area contributed by atoms with E-state index in [-0.39, 0.29) is 11.6 Å². The van der Waals surface area contributed by atoms with Gasteiger partial charge in [0, 0.05) is 24.1 Å². The molecule has 94 valence electrons. The first-order valence-electron chi connectivity index (χ1n) is 5.46. The van der Waals surface area contributed by atoms with Gasteiger partial charge in [-0.1, -0.05) is 15.9 Å². The first kappa shape index (κ1) is 14.1. The fourth-order valence-corrected chi connectivity index (χ4v) is 1.62. The molecule has 1 amide bonds. The quantitative estimate of drug-likeness (QED) is 0.819. The number of halogens is 2. The van der Waals surface area contributed by atoms with Gasteiger partial charge in [0.05, 0.1) is 5.69 Å². The lowest BCUT2D eigenvalue weighted by atomic mass is 10.2. The maximum absolute atomic E-state index is 13.4. The van der Waals surface area contributed by atoms with Crippen LogP contribution < -0.4 is 5.32 Å². The number of amides is 1. The Balaban J connectivity index is 2.40. The Morgan fingerprint density at radius 3 is 2.94 bits per heavy atom. The largest absolute Gasteiger partial charge is 0.382 e. The summed E-state index contributed by atoms with van der Waals surface area (Å²) in [6, 6.07) is 4.52. The predicted octanol–water partition coefficient (Wildman–Crippen LogP) is 3.34. The van der Waals surface area contributed by atoms with Crippen LogP contribution in [0.25, 0.3) is 0 Å². The molecule has 0 atom stereocenters. The third-order valence-electron chi connectivity index (χ3n) is 2.10. The van der Waals surface area contributed by atoms with Gasteiger partial charge in [0.25, 0.3) is 0 Å². The van der Waals surface area contributed by atoms with Gasteiger partial charge in [-0.2, -0.15) is 0 Å². The molecule has 1 aromatic carbocycles. The second-order valence-electron chi connectivity index (χ2n) is 3.47. The zero-order valence-corrected chi connectivity index (χ0v) is 11.2. The van der Waals surface area contributed by atoms with E-state index in [1.54, 1.807) is 6.07 Å². The van der Waals surface area contributed by atoms with Crippen molar-refractivity contribution in [2.75, 3.05) is 18.5 Å². The van der Waals surface area contributed by atoms with Gasteiger partial charge < -0.3 is 10.1 Å². The third-order valence-corrected chi connectivity index (χ3v) is 2.60. The van der Waals surface area contributed by atoms with Crippen LogP contribution in [-0.2, 0) is 9.53 Å². The highest BCUT2D eigenvalue weighted by atomic mass is 79.9. The molecule has 1 aromatic rings. The van der Waals surface area contributed by atoms with E-state index in [0.29, 0.717) is 30.5 Å². The van der Waals surface area contributed by atoms with Crippen molar-refractivity contribution in [2.45, 2.75) is 19.8 Å². The topological polar surface area (TPSA) is 38.3 Å². The number of carbonyl (C=O) groups excluding carboxylic acids is 1.